The monoisotopic (exact) mass is 802 g/mol. The van der Waals surface area contributed by atoms with Gasteiger partial charge in [-0.2, -0.15) is 52.3 Å². The van der Waals surface area contributed by atoms with Crippen LogP contribution in [0.4, 0.5) is 84.2 Å². The Kier molecular flexibility index (Phi) is 18.7. The molecule has 0 aliphatic rings. The van der Waals surface area contributed by atoms with Gasteiger partial charge in [-0.3, -0.25) is 9.35 Å². The van der Waals surface area contributed by atoms with Crippen LogP contribution in [0.15, 0.2) is 30.3 Å². The molecule has 0 bridgehead atoms. The largest absolute Gasteiger partial charge is 0.465 e. The number of hydrogen-bond donors (Lipinski definition) is 1. The summed E-state index contributed by atoms with van der Waals surface area (Å²) < 4.78 is 267. The Hall–Kier alpha value is -2.73. The number of alkyl halides is 15. The van der Waals surface area contributed by atoms with Crippen LogP contribution in [0.25, 0.3) is 0 Å². The normalized spacial score (nSPS) is 15.2. The molecule has 0 heterocycles. The molecule has 2 atom stereocenters. The minimum Gasteiger partial charge on any atom is -0.465 e. The predicted molar refractivity (Wildman–Crippen MR) is 136 cm³/mol. The molecule has 298 valence electrons. The maximum Gasteiger partial charge on any atom is 0.384 e. The maximum absolute atomic E-state index is 15.6. The lowest BCUT2D eigenvalue weighted by Gasteiger charge is -2.40. The molecule has 0 spiro atoms. The van der Waals surface area contributed by atoms with Crippen LogP contribution in [0.2, 0.25) is 0 Å². The highest BCUT2D eigenvalue weighted by atomic mass is 32.2. The van der Waals surface area contributed by atoms with Gasteiger partial charge in [-0.25, -0.2) is 22.0 Å². The first-order chi connectivity index (χ1) is 22.1. The van der Waals surface area contributed by atoms with Gasteiger partial charge >= 0.3 is 42.0 Å². The highest BCUT2D eigenvalue weighted by Gasteiger charge is 2.88. The number of esters is 1. The van der Waals surface area contributed by atoms with Crippen molar-refractivity contribution < 1.29 is 107 Å². The lowest BCUT2D eigenvalue weighted by molar-refractivity contribution is -0.417. The number of ether oxygens (including phenoxy) is 1. The summed E-state index contributed by atoms with van der Waals surface area (Å²) in [6.45, 7) is 0.692. The van der Waals surface area contributed by atoms with Crippen molar-refractivity contribution >= 4 is 16.1 Å². The highest BCUT2D eigenvalue weighted by molar-refractivity contribution is 7.85. The first kappa shape index (κ1) is 51.6. The molecule has 0 saturated heterocycles. The van der Waals surface area contributed by atoms with Gasteiger partial charge in [0.2, 0.25) is 0 Å². The van der Waals surface area contributed by atoms with Crippen LogP contribution in [-0.4, -0.2) is 73.8 Å². The molecule has 0 fully saturated rings. The molecule has 25 heteroatoms. The number of benzene rings is 1. The van der Waals surface area contributed by atoms with E-state index in [0.29, 0.717) is 6.26 Å². The van der Waals surface area contributed by atoms with Crippen molar-refractivity contribution in [2.75, 3.05) is 12.9 Å². The molecule has 0 aliphatic carbocycles. The molecule has 2 unspecified atom stereocenters. The second-order valence-electron chi connectivity index (χ2n) is 10.9. The highest BCUT2D eigenvalue weighted by Crippen LogP contribution is 2.59. The summed E-state index contributed by atoms with van der Waals surface area (Å²) in [5.74, 6) is -44.9. The zero-order chi connectivity index (χ0) is 41.2. The second kappa shape index (κ2) is 18.2. The summed E-state index contributed by atoms with van der Waals surface area (Å²) in [7, 11) is -3.67. The molecular formula is C25H29F19O5S. The fourth-order valence-corrected chi connectivity index (χ4v) is 3.66. The Bertz CT molecular complexity index is 1260. The van der Waals surface area contributed by atoms with Gasteiger partial charge in [0.15, 0.2) is 5.67 Å². The van der Waals surface area contributed by atoms with Crippen molar-refractivity contribution in [3.8, 4) is 0 Å². The topological polar surface area (TPSA) is 80.7 Å². The third kappa shape index (κ3) is 11.9. The summed E-state index contributed by atoms with van der Waals surface area (Å²) in [5, 5.41) is 0. The van der Waals surface area contributed by atoms with Crippen molar-refractivity contribution in [2.45, 2.75) is 88.2 Å². The number of hydrogen-bond acceptors (Lipinski definition) is 4. The number of halogens is 19. The van der Waals surface area contributed by atoms with Crippen molar-refractivity contribution in [2.24, 2.45) is 11.3 Å². The van der Waals surface area contributed by atoms with Gasteiger partial charge in [0.25, 0.3) is 16.0 Å². The van der Waals surface area contributed by atoms with Crippen LogP contribution in [0.1, 0.15) is 46.1 Å². The van der Waals surface area contributed by atoms with Crippen LogP contribution in [0, 0.1) is 11.3 Å². The lowest BCUT2D eigenvalue weighted by atomic mass is 9.75. The third-order valence-corrected chi connectivity index (χ3v) is 6.47. The fraction of sp³-hybridized carbons (Fsp3) is 0.720. The van der Waals surface area contributed by atoms with E-state index in [2.05, 4.69) is 4.74 Å². The molecule has 0 aliphatic heterocycles. The standard InChI is InChI=1S/C24H25F15O2.CH4O3S.2F2/c1-13(20(30,31)22(34,35)24(38,39)23(36,37)21(32,33)15(25)26)10-11-41-16(40)17(2,3)12-19(29,18(4,27)28)14-8-6-5-7-9-14;1-5(2,3)4;2*1-2/h5-9,13,15H,10-12H2,1-4H3;1H3,(H,2,3,4);;. The lowest BCUT2D eigenvalue weighted by Crippen LogP contribution is -2.69. The van der Waals surface area contributed by atoms with Gasteiger partial charge in [-0.15, -0.1) is 0 Å². The quantitative estimate of drug-likeness (QED) is 0.115. The summed E-state index contributed by atoms with van der Waals surface area (Å²) in [4.78, 5) is 12.5. The Morgan fingerprint density at radius 3 is 1.44 bits per heavy atom. The second-order valence-corrected chi connectivity index (χ2v) is 12.4. The number of rotatable bonds is 14. The van der Waals surface area contributed by atoms with E-state index >= 15 is 4.39 Å². The van der Waals surface area contributed by atoms with Crippen molar-refractivity contribution in [3.63, 3.8) is 0 Å². The van der Waals surface area contributed by atoms with Gasteiger partial charge in [0, 0.05) is 37.6 Å². The molecule has 0 aromatic heterocycles. The molecule has 1 N–H and O–H groups in total. The third-order valence-electron chi connectivity index (χ3n) is 6.47. The van der Waals surface area contributed by atoms with Crippen LogP contribution in [-0.2, 0) is 25.3 Å². The first-order valence-corrected chi connectivity index (χ1v) is 14.6. The predicted octanol–water partition coefficient (Wildman–Crippen LogP) is 10.1. The summed E-state index contributed by atoms with van der Waals surface area (Å²) in [6.07, 6.45) is -7.71. The van der Waals surface area contributed by atoms with Crippen molar-refractivity contribution in [1.82, 2.24) is 0 Å². The zero-order valence-corrected chi connectivity index (χ0v) is 26.6. The van der Waals surface area contributed by atoms with Gasteiger partial charge in [0.05, 0.1) is 18.3 Å². The average molecular weight is 803 g/mol. The summed E-state index contributed by atoms with van der Waals surface area (Å²) in [6, 6.07) is 5.77. The minimum absolute atomic E-state index is 0.0476. The molecular weight excluding hydrogens is 773 g/mol. The van der Waals surface area contributed by atoms with Crippen LogP contribution in [0.5, 0.6) is 0 Å². The van der Waals surface area contributed by atoms with Gasteiger partial charge in [0.1, 0.15) is 0 Å². The molecule has 0 radical (unpaired) electrons. The van der Waals surface area contributed by atoms with E-state index in [1.807, 2.05) is 0 Å². The van der Waals surface area contributed by atoms with E-state index in [1.165, 1.54) is 18.2 Å². The van der Waals surface area contributed by atoms with Crippen LogP contribution < -0.4 is 0 Å². The minimum atomic E-state index is -7.70. The number of carbonyl (C=O) groups is 1. The SMILES string of the molecule is CC(CCOC(=O)C(C)(C)CC(F)(c1ccccc1)C(C)(F)F)C(F)(F)C(F)(F)C(F)(F)C(F)(F)C(F)(F)C(F)F.CS(=O)(=O)O.FF.FF. The molecule has 1 aromatic rings. The smallest absolute Gasteiger partial charge is 0.384 e. The Balaban J connectivity index is -0.00000220. The van der Waals surface area contributed by atoms with Crippen molar-refractivity contribution in [3.05, 3.63) is 35.9 Å². The van der Waals surface area contributed by atoms with E-state index in [0.717, 1.165) is 26.0 Å². The van der Waals surface area contributed by atoms with Gasteiger partial charge in [-0.05, 0) is 25.8 Å². The Labute approximate surface area is 271 Å². The zero-order valence-electron chi connectivity index (χ0n) is 25.8. The molecule has 1 aromatic carbocycles. The van der Waals surface area contributed by atoms with Crippen LogP contribution >= 0.6 is 0 Å². The molecule has 5 nitrogen and oxygen atoms in total. The molecule has 0 saturated carbocycles. The van der Waals surface area contributed by atoms with E-state index in [4.69, 9.17) is 22.8 Å². The Morgan fingerprint density at radius 1 is 0.740 bits per heavy atom. The van der Waals surface area contributed by atoms with E-state index < -0.39 is 100 Å². The average Bonchev–Trinajstić information content (AvgIpc) is 2.97. The van der Waals surface area contributed by atoms with E-state index in [9.17, 15) is 74.7 Å². The van der Waals surface area contributed by atoms with E-state index in [1.54, 1.807) is 0 Å². The summed E-state index contributed by atoms with van der Waals surface area (Å²) >= 11 is 0. The first-order valence-electron chi connectivity index (χ1n) is 12.7. The van der Waals surface area contributed by atoms with Gasteiger partial charge in [-0.1, -0.05) is 37.3 Å². The summed E-state index contributed by atoms with van der Waals surface area (Å²) in [5.41, 5.74) is -6.20. The van der Waals surface area contributed by atoms with E-state index in [-0.39, 0.29) is 13.8 Å². The maximum atomic E-state index is 15.6. The van der Waals surface area contributed by atoms with Gasteiger partial charge < -0.3 is 4.74 Å². The van der Waals surface area contributed by atoms with Crippen LogP contribution in [0.3, 0.4) is 0 Å². The number of carbonyl (C=O) groups excluding carboxylic acids is 1. The fourth-order valence-electron chi connectivity index (χ4n) is 3.66. The van der Waals surface area contributed by atoms with Crippen molar-refractivity contribution in [1.29, 1.82) is 0 Å². The molecule has 50 heavy (non-hydrogen) atoms. The molecule has 0 amide bonds. The Morgan fingerprint density at radius 2 is 1.10 bits per heavy atom. The molecule has 1 rings (SSSR count).